The van der Waals surface area contributed by atoms with Crippen LogP contribution in [0.25, 0.3) is 0 Å². The molecule has 0 bridgehead atoms. The van der Waals surface area contributed by atoms with Crippen LogP contribution in [-0.2, 0) is 11.2 Å². The number of carbonyl (C=O) groups is 1. The van der Waals surface area contributed by atoms with Crippen LogP contribution in [0.1, 0.15) is 5.56 Å². The van der Waals surface area contributed by atoms with Crippen molar-refractivity contribution in [1.29, 1.82) is 0 Å². The molecule has 9 nitrogen and oxygen atoms in total. The Labute approximate surface area is 123 Å². The van der Waals surface area contributed by atoms with Gasteiger partial charge in [-0.25, -0.2) is 0 Å². The van der Waals surface area contributed by atoms with E-state index < -0.39 is 27.1 Å². The van der Waals surface area contributed by atoms with Crippen molar-refractivity contribution in [3.63, 3.8) is 0 Å². The monoisotopic (exact) mass is 302 g/mol. The first kappa shape index (κ1) is 15.0. The van der Waals surface area contributed by atoms with Crippen LogP contribution in [-0.4, -0.2) is 20.7 Å². The Morgan fingerprint density at radius 3 is 2.55 bits per heavy atom. The molecule has 1 aromatic carbocycles. The third kappa shape index (κ3) is 3.60. The lowest BCUT2D eigenvalue weighted by Gasteiger charge is -2.05. The molecule has 0 atom stereocenters. The molecule has 1 N–H and O–H groups in total. The Balaban J connectivity index is 2.20. The van der Waals surface area contributed by atoms with Crippen molar-refractivity contribution in [2.75, 3.05) is 5.32 Å². The molecule has 9 heteroatoms. The first-order chi connectivity index (χ1) is 10.5. The summed E-state index contributed by atoms with van der Waals surface area (Å²) in [6, 6.07) is 6.42. The molecule has 0 spiro atoms. The fraction of sp³-hybridized carbons (Fsp3) is 0.0769. The number of nitrogens with one attached hydrogen (secondary N) is 1. The maximum Gasteiger partial charge on any atom is 0.279 e. The van der Waals surface area contributed by atoms with E-state index in [9.17, 15) is 25.0 Å². The van der Waals surface area contributed by atoms with E-state index in [2.05, 4.69) is 10.3 Å². The summed E-state index contributed by atoms with van der Waals surface area (Å²) >= 11 is 0. The summed E-state index contributed by atoms with van der Waals surface area (Å²) in [5, 5.41) is 24.2. The Kier molecular flexibility index (Phi) is 4.37. The normalized spacial score (nSPS) is 10.0. The van der Waals surface area contributed by atoms with Crippen molar-refractivity contribution < 1.29 is 14.6 Å². The minimum Gasteiger partial charge on any atom is -0.324 e. The highest BCUT2D eigenvalue weighted by Gasteiger charge is 2.21. The van der Waals surface area contributed by atoms with E-state index in [0.29, 0.717) is 5.69 Å². The molecule has 0 aliphatic rings. The highest BCUT2D eigenvalue weighted by atomic mass is 16.6. The molecule has 1 aromatic heterocycles. The Hall–Kier alpha value is -3.36. The van der Waals surface area contributed by atoms with Gasteiger partial charge in [0.1, 0.15) is 0 Å². The minimum atomic E-state index is -0.750. The zero-order chi connectivity index (χ0) is 16.1. The second kappa shape index (κ2) is 6.39. The third-order valence-electron chi connectivity index (χ3n) is 2.77. The molecule has 1 amide bonds. The fourth-order valence-electron chi connectivity index (χ4n) is 1.80. The number of pyridine rings is 1. The summed E-state index contributed by atoms with van der Waals surface area (Å²) in [5.74, 6) is -0.482. The number of amides is 1. The van der Waals surface area contributed by atoms with Gasteiger partial charge in [0, 0.05) is 17.8 Å². The molecule has 112 valence electrons. The summed E-state index contributed by atoms with van der Waals surface area (Å²) in [6.07, 6.45) is 2.70. The van der Waals surface area contributed by atoms with Crippen molar-refractivity contribution in [2.24, 2.45) is 0 Å². The van der Waals surface area contributed by atoms with Crippen molar-refractivity contribution in [2.45, 2.75) is 6.42 Å². The molecule has 0 unspecified atom stereocenters. The van der Waals surface area contributed by atoms with Crippen LogP contribution in [0, 0.1) is 20.2 Å². The van der Waals surface area contributed by atoms with E-state index in [0.717, 1.165) is 12.1 Å². The number of hydrogen-bond donors (Lipinski definition) is 1. The van der Waals surface area contributed by atoms with Crippen LogP contribution in [0.4, 0.5) is 17.1 Å². The van der Waals surface area contributed by atoms with Crippen molar-refractivity contribution in [3.8, 4) is 0 Å². The highest BCUT2D eigenvalue weighted by Crippen LogP contribution is 2.25. The summed E-state index contributed by atoms with van der Waals surface area (Å²) in [7, 11) is 0. The van der Waals surface area contributed by atoms with Crippen LogP contribution in [0.5, 0.6) is 0 Å². The van der Waals surface area contributed by atoms with E-state index in [-0.39, 0.29) is 12.0 Å². The molecule has 22 heavy (non-hydrogen) atoms. The van der Waals surface area contributed by atoms with E-state index in [4.69, 9.17) is 0 Å². The zero-order valence-electron chi connectivity index (χ0n) is 11.1. The van der Waals surface area contributed by atoms with E-state index in [1.165, 1.54) is 18.5 Å². The maximum absolute atomic E-state index is 11.9. The standard InChI is InChI=1S/C13H10N4O5/c18-13(15-10-2-1-5-14-8-10)6-9-3-4-11(16(19)20)7-12(9)17(21)22/h1-5,7-8H,6H2,(H,15,18). The van der Waals surface area contributed by atoms with Gasteiger partial charge in [-0.2, -0.15) is 0 Å². The molecule has 0 aliphatic carbocycles. The number of nitro groups is 2. The maximum atomic E-state index is 11.9. The lowest BCUT2D eigenvalue weighted by Crippen LogP contribution is -2.15. The first-order valence-electron chi connectivity index (χ1n) is 6.09. The Bertz CT molecular complexity index is 732. The van der Waals surface area contributed by atoms with Crippen LogP contribution < -0.4 is 5.32 Å². The molecule has 2 rings (SSSR count). The summed E-state index contributed by atoms with van der Waals surface area (Å²) in [4.78, 5) is 35.8. The number of anilines is 1. The number of nitrogens with zero attached hydrogens (tertiary/aromatic N) is 3. The fourth-order valence-corrected chi connectivity index (χ4v) is 1.80. The van der Waals surface area contributed by atoms with E-state index in [1.807, 2.05) is 0 Å². The van der Waals surface area contributed by atoms with Gasteiger partial charge in [0.05, 0.1) is 34.2 Å². The average molecular weight is 302 g/mol. The van der Waals surface area contributed by atoms with Gasteiger partial charge in [0.15, 0.2) is 0 Å². The van der Waals surface area contributed by atoms with Crippen LogP contribution >= 0.6 is 0 Å². The van der Waals surface area contributed by atoms with Gasteiger partial charge in [-0.1, -0.05) is 0 Å². The van der Waals surface area contributed by atoms with Gasteiger partial charge in [0.2, 0.25) is 5.91 Å². The lowest BCUT2D eigenvalue weighted by atomic mass is 10.1. The molecule has 0 aliphatic heterocycles. The topological polar surface area (TPSA) is 128 Å². The Morgan fingerprint density at radius 2 is 1.95 bits per heavy atom. The molecular weight excluding hydrogens is 292 g/mol. The smallest absolute Gasteiger partial charge is 0.279 e. The number of aromatic nitrogens is 1. The van der Waals surface area contributed by atoms with Gasteiger partial charge < -0.3 is 5.32 Å². The predicted octanol–water partition coefficient (Wildman–Crippen LogP) is 2.08. The van der Waals surface area contributed by atoms with Crippen LogP contribution in [0.15, 0.2) is 42.7 Å². The molecule has 1 heterocycles. The first-order valence-corrected chi connectivity index (χ1v) is 6.09. The van der Waals surface area contributed by atoms with Crippen LogP contribution in [0.2, 0.25) is 0 Å². The lowest BCUT2D eigenvalue weighted by molar-refractivity contribution is -0.394. The summed E-state index contributed by atoms with van der Waals surface area (Å²) in [5.41, 5.74) is -0.312. The van der Waals surface area contributed by atoms with E-state index >= 15 is 0 Å². The second-order valence-corrected chi connectivity index (χ2v) is 4.29. The number of hydrogen-bond acceptors (Lipinski definition) is 6. The second-order valence-electron chi connectivity index (χ2n) is 4.29. The van der Waals surface area contributed by atoms with Gasteiger partial charge in [-0.05, 0) is 18.2 Å². The Morgan fingerprint density at radius 1 is 1.18 bits per heavy atom. The van der Waals surface area contributed by atoms with Gasteiger partial charge in [-0.15, -0.1) is 0 Å². The van der Waals surface area contributed by atoms with Crippen molar-refractivity contribution in [3.05, 3.63) is 68.5 Å². The molecule has 0 radical (unpaired) electrons. The third-order valence-corrected chi connectivity index (χ3v) is 2.77. The van der Waals surface area contributed by atoms with Crippen LogP contribution in [0.3, 0.4) is 0 Å². The number of nitro benzene ring substituents is 2. The van der Waals surface area contributed by atoms with E-state index in [1.54, 1.807) is 12.1 Å². The van der Waals surface area contributed by atoms with Crippen molar-refractivity contribution >= 4 is 23.0 Å². The van der Waals surface area contributed by atoms with Gasteiger partial charge in [-0.3, -0.25) is 30.0 Å². The summed E-state index contributed by atoms with van der Waals surface area (Å²) in [6.45, 7) is 0. The number of rotatable bonds is 5. The SMILES string of the molecule is O=C(Cc1ccc([N+](=O)[O-])cc1[N+](=O)[O-])Nc1cccnc1. The zero-order valence-corrected chi connectivity index (χ0v) is 11.1. The average Bonchev–Trinajstić information content (AvgIpc) is 2.48. The molecule has 0 saturated carbocycles. The number of benzene rings is 1. The summed E-state index contributed by atoms with van der Waals surface area (Å²) < 4.78 is 0. The molecule has 0 saturated heterocycles. The minimum absolute atomic E-state index is 0.0944. The van der Waals surface area contributed by atoms with Gasteiger partial charge in [0.25, 0.3) is 11.4 Å². The van der Waals surface area contributed by atoms with Crippen molar-refractivity contribution in [1.82, 2.24) is 4.98 Å². The van der Waals surface area contributed by atoms with Gasteiger partial charge >= 0.3 is 0 Å². The predicted molar refractivity (Wildman–Crippen MR) is 76.3 cm³/mol. The molecule has 2 aromatic rings. The number of non-ortho nitro benzene ring substituents is 1. The molecule has 0 fully saturated rings. The number of carbonyl (C=O) groups excluding carboxylic acids is 1. The largest absolute Gasteiger partial charge is 0.324 e. The highest BCUT2D eigenvalue weighted by molar-refractivity contribution is 5.92. The molecular formula is C13H10N4O5. The quantitative estimate of drug-likeness (QED) is 0.665.